The molecule has 1 unspecified atom stereocenters. The molecule has 1 aliphatic carbocycles. The third-order valence-corrected chi connectivity index (χ3v) is 5.13. The summed E-state index contributed by atoms with van der Waals surface area (Å²) in [6.45, 7) is 1.36. The van der Waals surface area contributed by atoms with Crippen LogP contribution in [-0.4, -0.2) is 79.2 Å². The Kier molecular flexibility index (Phi) is 2.26. The van der Waals surface area contributed by atoms with Crippen molar-refractivity contribution >= 4 is 5.96 Å². The van der Waals surface area contributed by atoms with Crippen molar-refractivity contribution in [1.29, 1.82) is 0 Å². The molecule has 9 atom stereocenters. The number of guanidine groups is 1. The van der Waals surface area contributed by atoms with Crippen LogP contribution in [0.5, 0.6) is 0 Å². The number of hydrogen-bond donors (Lipinski definition) is 7. The summed E-state index contributed by atoms with van der Waals surface area (Å²) in [5.41, 5.74) is 2.27. The minimum atomic E-state index is -2.41. The van der Waals surface area contributed by atoms with Crippen LogP contribution in [0.3, 0.4) is 0 Å². The van der Waals surface area contributed by atoms with Crippen LogP contribution in [0.2, 0.25) is 0 Å². The van der Waals surface area contributed by atoms with Crippen molar-refractivity contribution in [3.8, 4) is 0 Å². The molecule has 4 heterocycles. The lowest BCUT2D eigenvalue weighted by Gasteiger charge is -2.71. The van der Waals surface area contributed by atoms with E-state index in [0.29, 0.717) is 0 Å². The smallest absolute Gasteiger partial charge is 0.311 e. The summed E-state index contributed by atoms with van der Waals surface area (Å²) >= 11 is 0. The van der Waals surface area contributed by atoms with Gasteiger partial charge in [-0.05, 0) is 6.92 Å². The second kappa shape index (κ2) is 3.49. The molecule has 5 rings (SSSR count). The first-order valence-corrected chi connectivity index (χ1v) is 6.60. The van der Waals surface area contributed by atoms with Gasteiger partial charge in [-0.2, -0.15) is 0 Å². The highest BCUT2D eigenvalue weighted by Crippen LogP contribution is 2.58. The summed E-state index contributed by atoms with van der Waals surface area (Å²) in [6, 6.07) is 0. The van der Waals surface area contributed by atoms with Crippen molar-refractivity contribution in [3.05, 3.63) is 0 Å². The van der Waals surface area contributed by atoms with E-state index in [2.05, 4.69) is 10.3 Å². The van der Waals surface area contributed by atoms with Crippen molar-refractivity contribution < 1.29 is 35.0 Å². The van der Waals surface area contributed by atoms with E-state index in [0.717, 1.165) is 0 Å². The molecule has 0 aromatic heterocycles. The average Bonchev–Trinajstić information content (AvgIpc) is 2.36. The highest BCUT2D eigenvalue weighted by atomic mass is 16.9. The molecule has 21 heavy (non-hydrogen) atoms. The molecule has 4 bridgehead atoms. The largest absolute Gasteiger partial charge is 0.388 e. The lowest BCUT2D eigenvalue weighted by molar-refractivity contribution is -0.545. The van der Waals surface area contributed by atoms with Gasteiger partial charge in [0.05, 0.1) is 5.92 Å². The second-order valence-corrected chi connectivity index (χ2v) is 6.29. The van der Waals surface area contributed by atoms with Crippen LogP contribution in [0.4, 0.5) is 0 Å². The van der Waals surface area contributed by atoms with Gasteiger partial charge in [0.2, 0.25) is 0 Å². The second-order valence-electron chi connectivity index (χ2n) is 6.29. The normalized spacial score (nSPS) is 64.8. The SMILES string of the molecule is C[C@]1(O)[C@@H]2O[C@]3(O)O[C@H]1C(O)[C@@]1(NC(N)=N[C@@H](O)[C@@H]21)[C@@H]3O. The summed E-state index contributed by atoms with van der Waals surface area (Å²) in [4.78, 5) is 3.74. The predicted octanol–water partition coefficient (Wildman–Crippen LogP) is -4.49. The minimum Gasteiger partial charge on any atom is -0.388 e. The number of ether oxygens (including phenoxy) is 2. The fourth-order valence-electron chi connectivity index (χ4n) is 4.19. The minimum absolute atomic E-state index is 0.193. The number of aliphatic imine (C=N–C) groups is 1. The molecule has 4 fully saturated rings. The van der Waals surface area contributed by atoms with Crippen molar-refractivity contribution in [2.45, 2.75) is 54.7 Å². The molecule has 10 nitrogen and oxygen atoms in total. The van der Waals surface area contributed by atoms with E-state index < -0.39 is 53.7 Å². The quantitative estimate of drug-likeness (QED) is 0.233. The summed E-state index contributed by atoms with van der Waals surface area (Å²) in [5, 5.41) is 54.7. The molecule has 0 aromatic carbocycles. The Morgan fingerprint density at radius 3 is 2.48 bits per heavy atom. The van der Waals surface area contributed by atoms with E-state index in [9.17, 15) is 25.5 Å². The van der Waals surface area contributed by atoms with Gasteiger partial charge in [-0.3, -0.25) is 0 Å². The number of rotatable bonds is 0. The molecule has 3 saturated heterocycles. The van der Waals surface area contributed by atoms with Gasteiger partial charge in [0.15, 0.2) is 18.3 Å². The number of aliphatic hydroxyl groups excluding tert-OH is 3. The number of nitrogens with zero attached hydrogens (tertiary/aromatic N) is 1. The molecule has 1 saturated carbocycles. The first-order chi connectivity index (χ1) is 9.64. The zero-order valence-corrected chi connectivity index (χ0v) is 11.0. The fraction of sp³-hybridized carbons (Fsp3) is 0.909. The molecule has 5 aliphatic rings. The van der Waals surface area contributed by atoms with Crippen LogP contribution in [0.25, 0.3) is 0 Å². The van der Waals surface area contributed by atoms with E-state index in [-0.39, 0.29) is 5.96 Å². The Hall–Kier alpha value is -1.01. The number of hydrogen-bond acceptors (Lipinski definition) is 10. The zero-order valence-electron chi connectivity index (χ0n) is 11.0. The standard InChI is InChI=1S/C11H17N3O7/c1-9(18)4-2-6(16)13-8(12)14-10(2)3(15)5(9)21-11(19,20-4)7(10)17/h2-7,15-19H,1H3,(H3,12,13,14)/t2-,3?,4-,5+,6+,7+,9+,10-,11+/m1/s1. The van der Waals surface area contributed by atoms with E-state index >= 15 is 0 Å². The van der Waals surface area contributed by atoms with Gasteiger partial charge in [-0.1, -0.05) is 0 Å². The van der Waals surface area contributed by atoms with Crippen molar-refractivity contribution in [1.82, 2.24) is 5.32 Å². The van der Waals surface area contributed by atoms with E-state index in [4.69, 9.17) is 15.2 Å². The maximum atomic E-state index is 10.6. The highest BCUT2D eigenvalue weighted by molar-refractivity contribution is 5.80. The molecule has 0 amide bonds. The molecule has 8 N–H and O–H groups in total. The maximum absolute atomic E-state index is 10.6. The van der Waals surface area contributed by atoms with Crippen molar-refractivity contribution in [2.24, 2.45) is 16.6 Å². The summed E-state index contributed by atoms with van der Waals surface area (Å²) in [7, 11) is 0. The van der Waals surface area contributed by atoms with Gasteiger partial charge in [-0.25, -0.2) is 4.99 Å². The van der Waals surface area contributed by atoms with Crippen LogP contribution in [0.15, 0.2) is 4.99 Å². The predicted molar refractivity (Wildman–Crippen MR) is 64.3 cm³/mol. The van der Waals surface area contributed by atoms with Gasteiger partial charge in [-0.15, -0.1) is 0 Å². The van der Waals surface area contributed by atoms with E-state index in [1.54, 1.807) is 0 Å². The van der Waals surface area contributed by atoms with E-state index in [1.807, 2.05) is 0 Å². The average molecular weight is 303 g/mol. The Labute approximate surface area is 118 Å². The summed E-state index contributed by atoms with van der Waals surface area (Å²) < 4.78 is 10.4. The first kappa shape index (κ1) is 13.6. The first-order valence-electron chi connectivity index (χ1n) is 6.60. The van der Waals surface area contributed by atoms with Crippen LogP contribution in [0, 0.1) is 5.92 Å². The van der Waals surface area contributed by atoms with Crippen LogP contribution in [-0.2, 0) is 9.47 Å². The lowest BCUT2D eigenvalue weighted by atomic mass is 9.55. The summed E-state index contributed by atoms with van der Waals surface area (Å²) in [5.74, 6) is -3.62. The molecule has 4 aliphatic heterocycles. The topological polar surface area (TPSA) is 170 Å². The van der Waals surface area contributed by atoms with Crippen LogP contribution < -0.4 is 11.1 Å². The molecular weight excluding hydrogens is 286 g/mol. The van der Waals surface area contributed by atoms with Crippen LogP contribution in [0.1, 0.15) is 6.92 Å². The van der Waals surface area contributed by atoms with Gasteiger partial charge in [0, 0.05) is 0 Å². The Morgan fingerprint density at radius 2 is 1.81 bits per heavy atom. The Morgan fingerprint density at radius 1 is 1.19 bits per heavy atom. The molecular formula is C11H17N3O7. The maximum Gasteiger partial charge on any atom is 0.311 e. The molecule has 118 valence electrons. The van der Waals surface area contributed by atoms with Gasteiger partial charge < -0.3 is 46.1 Å². The fourth-order valence-corrected chi connectivity index (χ4v) is 4.19. The summed E-state index contributed by atoms with van der Waals surface area (Å²) in [6.07, 6.45) is -6.96. The van der Waals surface area contributed by atoms with Gasteiger partial charge in [0.1, 0.15) is 29.5 Å². The number of aliphatic hydroxyl groups is 5. The lowest BCUT2D eigenvalue weighted by Crippen LogP contribution is -2.94. The zero-order chi connectivity index (χ0) is 15.4. The Bertz CT molecular complexity index is 542. The molecule has 1 spiro atoms. The number of nitrogens with two attached hydrogens (primary N) is 1. The molecule has 0 aromatic rings. The van der Waals surface area contributed by atoms with Crippen molar-refractivity contribution in [2.75, 3.05) is 0 Å². The van der Waals surface area contributed by atoms with Gasteiger partial charge in [0.25, 0.3) is 0 Å². The number of nitrogens with one attached hydrogen (secondary N) is 1. The molecule has 10 heteroatoms. The molecule has 0 radical (unpaired) electrons. The van der Waals surface area contributed by atoms with E-state index in [1.165, 1.54) is 6.92 Å². The third kappa shape index (κ3) is 1.26. The Balaban J connectivity index is 1.95. The van der Waals surface area contributed by atoms with Crippen LogP contribution >= 0.6 is 0 Å². The third-order valence-electron chi connectivity index (χ3n) is 5.13. The monoisotopic (exact) mass is 303 g/mol. The van der Waals surface area contributed by atoms with Gasteiger partial charge >= 0.3 is 5.97 Å². The van der Waals surface area contributed by atoms with Crippen molar-refractivity contribution in [3.63, 3.8) is 0 Å². The highest BCUT2D eigenvalue weighted by Gasteiger charge is 2.82.